The van der Waals surface area contributed by atoms with Crippen molar-refractivity contribution in [2.75, 3.05) is 0 Å². The summed E-state index contributed by atoms with van der Waals surface area (Å²) in [5.74, 6) is -1.01. The third-order valence-corrected chi connectivity index (χ3v) is 4.74. The normalized spacial score (nSPS) is 18.3. The second-order valence-corrected chi connectivity index (χ2v) is 8.03. The lowest BCUT2D eigenvalue weighted by molar-refractivity contribution is -0.176. The zero-order valence-electron chi connectivity index (χ0n) is 18.3. The maximum atomic E-state index is 11.1. The molecule has 4 heteroatoms. The number of ether oxygens (including phenoxy) is 2. The first-order chi connectivity index (χ1) is 13.0. The molecule has 0 bridgehead atoms. The number of esters is 2. The molecule has 0 amide bonds. The molecular formula is C24H34O4. The van der Waals surface area contributed by atoms with Crippen LogP contribution in [0.25, 0.3) is 0 Å². The highest BCUT2D eigenvalue weighted by molar-refractivity contribution is 5.68. The van der Waals surface area contributed by atoms with E-state index < -0.39 is 18.2 Å². The van der Waals surface area contributed by atoms with Crippen molar-refractivity contribution in [3.63, 3.8) is 0 Å². The Morgan fingerprint density at radius 1 is 1.00 bits per heavy atom. The van der Waals surface area contributed by atoms with Crippen LogP contribution in [0.5, 0.6) is 0 Å². The molecule has 0 fully saturated rings. The molecule has 0 heterocycles. The first-order valence-electron chi connectivity index (χ1n) is 9.77. The van der Waals surface area contributed by atoms with Gasteiger partial charge in [-0.05, 0) is 62.7 Å². The Morgan fingerprint density at radius 3 is 2.14 bits per heavy atom. The number of carbonyl (C=O) groups is 2. The lowest BCUT2D eigenvalue weighted by Gasteiger charge is -2.32. The Hall–Kier alpha value is -2.36. The fourth-order valence-electron chi connectivity index (χ4n) is 3.32. The van der Waals surface area contributed by atoms with E-state index in [1.807, 2.05) is 25.2 Å². The maximum Gasteiger partial charge on any atom is 0.305 e. The van der Waals surface area contributed by atoms with Gasteiger partial charge in [0.05, 0.1) is 0 Å². The van der Waals surface area contributed by atoms with E-state index in [1.54, 1.807) is 6.08 Å². The van der Waals surface area contributed by atoms with Crippen molar-refractivity contribution in [2.24, 2.45) is 5.41 Å². The van der Waals surface area contributed by atoms with Crippen LogP contribution in [0.3, 0.4) is 0 Å². The van der Waals surface area contributed by atoms with Crippen molar-refractivity contribution < 1.29 is 19.1 Å². The third kappa shape index (κ3) is 8.55. The molecule has 0 unspecified atom stereocenters. The van der Waals surface area contributed by atoms with Gasteiger partial charge >= 0.3 is 11.9 Å². The highest BCUT2D eigenvalue weighted by atomic mass is 16.7. The minimum atomic E-state index is -1.01. The number of carbonyl (C=O) groups excluding carboxylic acids is 2. The molecule has 0 spiro atoms. The van der Waals surface area contributed by atoms with Crippen LogP contribution in [-0.2, 0) is 19.1 Å². The number of hydrogen-bond donors (Lipinski definition) is 0. The summed E-state index contributed by atoms with van der Waals surface area (Å²) in [5, 5.41) is 0. The molecule has 154 valence electrons. The average Bonchev–Trinajstić information content (AvgIpc) is 2.52. The van der Waals surface area contributed by atoms with Crippen molar-refractivity contribution in [1.29, 1.82) is 0 Å². The van der Waals surface area contributed by atoms with E-state index in [-0.39, 0.29) is 5.41 Å². The molecule has 0 saturated heterocycles. The van der Waals surface area contributed by atoms with E-state index in [1.165, 1.54) is 44.3 Å². The van der Waals surface area contributed by atoms with Gasteiger partial charge in [-0.2, -0.15) is 0 Å². The molecule has 0 saturated carbocycles. The Kier molecular flexibility index (Phi) is 9.17. The molecule has 1 aliphatic rings. The Morgan fingerprint density at radius 2 is 1.61 bits per heavy atom. The first-order valence-corrected chi connectivity index (χ1v) is 9.77. The largest absolute Gasteiger partial charge is 0.421 e. The van der Waals surface area contributed by atoms with E-state index in [2.05, 4.69) is 39.8 Å². The van der Waals surface area contributed by atoms with Crippen LogP contribution in [0, 0.1) is 5.41 Å². The fourth-order valence-corrected chi connectivity index (χ4v) is 3.32. The Balaban J connectivity index is 2.81. The Bertz CT molecular complexity index is 714. The molecule has 0 atom stereocenters. The van der Waals surface area contributed by atoms with Gasteiger partial charge in [-0.3, -0.25) is 9.59 Å². The van der Waals surface area contributed by atoms with E-state index in [4.69, 9.17) is 9.47 Å². The molecule has 0 aromatic heterocycles. The van der Waals surface area contributed by atoms with Crippen LogP contribution in [0.1, 0.15) is 67.7 Å². The zero-order chi connectivity index (χ0) is 21.3. The molecule has 0 aromatic carbocycles. The summed E-state index contributed by atoms with van der Waals surface area (Å²) in [5.41, 5.74) is 5.12. The van der Waals surface area contributed by atoms with E-state index >= 15 is 0 Å². The van der Waals surface area contributed by atoms with Crippen molar-refractivity contribution in [2.45, 2.75) is 74.0 Å². The van der Waals surface area contributed by atoms with Gasteiger partial charge in [-0.1, -0.05) is 55.4 Å². The van der Waals surface area contributed by atoms with E-state index in [0.717, 1.165) is 11.1 Å². The van der Waals surface area contributed by atoms with Gasteiger partial charge in [0.2, 0.25) is 0 Å². The molecule has 0 radical (unpaired) electrons. The number of rotatable bonds is 7. The topological polar surface area (TPSA) is 52.6 Å². The van der Waals surface area contributed by atoms with Gasteiger partial charge < -0.3 is 9.47 Å². The summed E-state index contributed by atoms with van der Waals surface area (Å²) in [6.45, 7) is 13.3. The van der Waals surface area contributed by atoms with Crippen LogP contribution in [-0.4, -0.2) is 18.2 Å². The maximum absolute atomic E-state index is 11.1. The molecule has 28 heavy (non-hydrogen) atoms. The van der Waals surface area contributed by atoms with Crippen LogP contribution in [0.2, 0.25) is 0 Å². The summed E-state index contributed by atoms with van der Waals surface area (Å²) >= 11 is 0. The summed E-state index contributed by atoms with van der Waals surface area (Å²) in [6.07, 6.45) is 14.5. The molecule has 0 aromatic rings. The Labute approximate surface area is 169 Å². The minimum Gasteiger partial charge on any atom is -0.421 e. The zero-order valence-corrected chi connectivity index (χ0v) is 18.3. The van der Waals surface area contributed by atoms with Crippen LogP contribution < -0.4 is 0 Å². The van der Waals surface area contributed by atoms with Gasteiger partial charge in [0.15, 0.2) is 0 Å². The highest BCUT2D eigenvalue weighted by Crippen LogP contribution is 2.40. The minimum absolute atomic E-state index is 0.233. The van der Waals surface area contributed by atoms with Crippen molar-refractivity contribution in [3.8, 4) is 0 Å². The van der Waals surface area contributed by atoms with Crippen molar-refractivity contribution in [3.05, 3.63) is 58.7 Å². The average molecular weight is 387 g/mol. The first kappa shape index (κ1) is 23.7. The van der Waals surface area contributed by atoms with Gasteiger partial charge in [0, 0.05) is 13.8 Å². The molecular weight excluding hydrogens is 352 g/mol. The smallest absolute Gasteiger partial charge is 0.305 e. The summed E-state index contributed by atoms with van der Waals surface area (Å²) < 4.78 is 9.94. The van der Waals surface area contributed by atoms with Gasteiger partial charge in [0.25, 0.3) is 6.29 Å². The van der Waals surface area contributed by atoms with Gasteiger partial charge in [-0.25, -0.2) is 0 Å². The van der Waals surface area contributed by atoms with Crippen molar-refractivity contribution >= 4 is 11.9 Å². The van der Waals surface area contributed by atoms with Crippen LogP contribution >= 0.6 is 0 Å². The summed E-state index contributed by atoms with van der Waals surface area (Å²) in [4.78, 5) is 22.2. The van der Waals surface area contributed by atoms with Crippen molar-refractivity contribution in [1.82, 2.24) is 0 Å². The molecule has 1 rings (SSSR count). The second kappa shape index (κ2) is 10.8. The van der Waals surface area contributed by atoms with Gasteiger partial charge in [-0.15, -0.1) is 0 Å². The summed E-state index contributed by atoms with van der Waals surface area (Å²) in [6, 6.07) is 0. The van der Waals surface area contributed by atoms with E-state index in [0.29, 0.717) is 0 Å². The summed E-state index contributed by atoms with van der Waals surface area (Å²) in [7, 11) is 0. The SMILES string of the molecule is CC(=O)OC(C=C(C)C=CC=C(C)C=CC1=C(C)CCCC1(C)C)OC(C)=O. The standard InChI is InChI=1S/C24H34O4/c1-17(13-14-22-19(3)12-9-15-24(22,6)7)10-8-11-18(2)16-23(27-20(4)25)28-21(5)26/h8,10-11,13-14,16,23H,9,12,15H2,1-7H3. The third-order valence-electron chi connectivity index (χ3n) is 4.74. The fraction of sp³-hybridized carbons (Fsp3) is 0.500. The highest BCUT2D eigenvalue weighted by Gasteiger charge is 2.26. The molecule has 1 aliphatic carbocycles. The molecule has 4 nitrogen and oxygen atoms in total. The lowest BCUT2D eigenvalue weighted by atomic mass is 9.72. The predicted molar refractivity (Wildman–Crippen MR) is 113 cm³/mol. The van der Waals surface area contributed by atoms with E-state index in [9.17, 15) is 9.59 Å². The quantitative estimate of drug-likeness (QED) is 0.307. The second-order valence-electron chi connectivity index (χ2n) is 8.03. The van der Waals surface area contributed by atoms with Crippen LogP contribution in [0.15, 0.2) is 58.7 Å². The van der Waals surface area contributed by atoms with Crippen LogP contribution in [0.4, 0.5) is 0 Å². The lowest BCUT2D eigenvalue weighted by Crippen LogP contribution is -2.20. The molecule has 0 aliphatic heterocycles. The molecule has 0 N–H and O–H groups in total. The monoisotopic (exact) mass is 386 g/mol. The number of allylic oxidation sites excluding steroid dienone is 9. The number of hydrogen-bond acceptors (Lipinski definition) is 4. The predicted octanol–water partition coefficient (Wildman–Crippen LogP) is 5.97. The van der Waals surface area contributed by atoms with Gasteiger partial charge in [0.1, 0.15) is 0 Å².